The highest BCUT2D eigenvalue weighted by Crippen LogP contribution is 2.17. The molecule has 0 aromatic carbocycles. The van der Waals surface area contributed by atoms with E-state index in [2.05, 4.69) is 4.98 Å². The molecule has 0 saturated carbocycles. The van der Waals surface area contributed by atoms with Gasteiger partial charge in [-0.15, -0.1) is 0 Å². The Morgan fingerprint density at radius 3 is 2.63 bits per heavy atom. The lowest BCUT2D eigenvalue weighted by molar-refractivity contribution is -0.136. The highest BCUT2D eigenvalue weighted by Gasteiger charge is 2.17. The number of rotatable bonds is 6. The van der Waals surface area contributed by atoms with Gasteiger partial charge in [-0.2, -0.15) is 16.7 Å². The Bertz CT molecular complexity index is 525. The Hall–Kier alpha value is -1.30. The zero-order valence-electron chi connectivity index (χ0n) is 11.8. The maximum Gasteiger partial charge on any atom is 0.348 e. The SMILES string of the molecule is CSCCC(C)n1c(C)c(CC(=O)O)c(C)nc1=O. The Morgan fingerprint density at radius 1 is 1.47 bits per heavy atom. The van der Waals surface area contributed by atoms with Crippen LogP contribution in [0.2, 0.25) is 0 Å². The number of aliphatic carboxylic acids is 1. The van der Waals surface area contributed by atoms with Gasteiger partial charge in [-0.1, -0.05) is 0 Å². The van der Waals surface area contributed by atoms with E-state index in [0.29, 0.717) is 17.0 Å². The third kappa shape index (κ3) is 3.83. The van der Waals surface area contributed by atoms with Gasteiger partial charge in [0.05, 0.1) is 6.42 Å². The first kappa shape index (κ1) is 15.8. The van der Waals surface area contributed by atoms with Crippen LogP contribution >= 0.6 is 11.8 Å². The average Bonchev–Trinajstić information content (AvgIpc) is 2.31. The van der Waals surface area contributed by atoms with Crippen molar-refractivity contribution in [3.63, 3.8) is 0 Å². The second-order valence-electron chi connectivity index (χ2n) is 4.61. The van der Waals surface area contributed by atoms with E-state index in [4.69, 9.17) is 5.11 Å². The molecule has 1 unspecified atom stereocenters. The fraction of sp³-hybridized carbons (Fsp3) is 0.615. The van der Waals surface area contributed by atoms with Gasteiger partial charge < -0.3 is 5.11 Å². The molecule has 1 rings (SSSR count). The van der Waals surface area contributed by atoms with Crippen LogP contribution in [-0.2, 0) is 11.2 Å². The minimum absolute atomic E-state index is 0.0283. The van der Waals surface area contributed by atoms with E-state index in [1.165, 1.54) is 0 Å². The first-order valence-corrected chi connectivity index (χ1v) is 7.57. The Balaban J connectivity index is 3.24. The third-order valence-electron chi connectivity index (χ3n) is 3.21. The minimum atomic E-state index is -0.907. The summed E-state index contributed by atoms with van der Waals surface area (Å²) in [5.74, 6) is 0.0461. The first-order valence-electron chi connectivity index (χ1n) is 6.17. The van der Waals surface area contributed by atoms with Gasteiger partial charge >= 0.3 is 11.7 Å². The number of carbonyl (C=O) groups is 1. The van der Waals surface area contributed by atoms with Crippen molar-refractivity contribution in [1.82, 2.24) is 9.55 Å². The minimum Gasteiger partial charge on any atom is -0.481 e. The highest BCUT2D eigenvalue weighted by atomic mass is 32.2. The molecule has 0 bridgehead atoms. The van der Waals surface area contributed by atoms with Crippen LogP contribution in [0.3, 0.4) is 0 Å². The predicted octanol–water partition coefficient (Wildman–Crippen LogP) is 1.80. The van der Waals surface area contributed by atoms with Crippen LogP contribution in [0.25, 0.3) is 0 Å². The lowest BCUT2D eigenvalue weighted by atomic mass is 10.1. The van der Waals surface area contributed by atoms with Crippen molar-refractivity contribution in [2.45, 2.75) is 39.7 Å². The maximum absolute atomic E-state index is 12.0. The molecule has 1 atom stereocenters. The van der Waals surface area contributed by atoms with E-state index in [0.717, 1.165) is 12.2 Å². The molecule has 0 amide bonds. The number of hydrogen-bond acceptors (Lipinski definition) is 4. The zero-order chi connectivity index (χ0) is 14.6. The zero-order valence-corrected chi connectivity index (χ0v) is 12.6. The topological polar surface area (TPSA) is 72.2 Å². The fourth-order valence-corrected chi connectivity index (χ4v) is 2.74. The summed E-state index contributed by atoms with van der Waals surface area (Å²) in [5.41, 5.74) is 1.58. The van der Waals surface area contributed by atoms with E-state index in [-0.39, 0.29) is 18.2 Å². The summed E-state index contributed by atoms with van der Waals surface area (Å²) in [6.07, 6.45) is 2.78. The van der Waals surface area contributed by atoms with Crippen molar-refractivity contribution in [3.8, 4) is 0 Å². The molecule has 0 aliphatic heterocycles. The van der Waals surface area contributed by atoms with E-state index in [1.807, 2.05) is 13.2 Å². The third-order valence-corrected chi connectivity index (χ3v) is 3.86. The summed E-state index contributed by atoms with van der Waals surface area (Å²) >= 11 is 1.72. The second-order valence-corrected chi connectivity index (χ2v) is 5.60. The lowest BCUT2D eigenvalue weighted by Gasteiger charge is -2.20. The Kier molecular flexibility index (Phi) is 5.60. The van der Waals surface area contributed by atoms with E-state index >= 15 is 0 Å². The molecule has 0 radical (unpaired) electrons. The van der Waals surface area contributed by atoms with Crippen LogP contribution < -0.4 is 5.69 Å². The summed E-state index contributed by atoms with van der Waals surface area (Å²) < 4.78 is 1.61. The van der Waals surface area contributed by atoms with Crippen molar-refractivity contribution in [2.75, 3.05) is 12.0 Å². The van der Waals surface area contributed by atoms with Gasteiger partial charge in [-0.3, -0.25) is 9.36 Å². The summed E-state index contributed by atoms with van der Waals surface area (Å²) in [6, 6.07) is 0.0283. The molecule has 19 heavy (non-hydrogen) atoms. The molecule has 1 aromatic rings. The second kappa shape index (κ2) is 6.75. The maximum atomic E-state index is 12.0. The molecule has 1 aromatic heterocycles. The van der Waals surface area contributed by atoms with Crippen molar-refractivity contribution in [2.24, 2.45) is 0 Å². The number of nitrogens with zero attached hydrogens (tertiary/aromatic N) is 2. The fourth-order valence-electron chi connectivity index (χ4n) is 2.16. The van der Waals surface area contributed by atoms with E-state index in [9.17, 15) is 9.59 Å². The molecule has 6 heteroatoms. The van der Waals surface area contributed by atoms with Gasteiger partial charge in [0.15, 0.2) is 0 Å². The quantitative estimate of drug-likeness (QED) is 0.862. The molecule has 0 saturated heterocycles. The normalized spacial score (nSPS) is 12.4. The monoisotopic (exact) mass is 284 g/mol. The summed E-state index contributed by atoms with van der Waals surface area (Å²) in [7, 11) is 0. The molecule has 0 aliphatic carbocycles. The molecule has 0 aliphatic rings. The molecule has 0 spiro atoms. The first-order chi connectivity index (χ1) is 8.88. The summed E-state index contributed by atoms with van der Waals surface area (Å²) in [5, 5.41) is 8.94. The molecular weight excluding hydrogens is 264 g/mol. The van der Waals surface area contributed by atoms with Crippen molar-refractivity contribution < 1.29 is 9.90 Å². The Morgan fingerprint density at radius 2 is 2.11 bits per heavy atom. The van der Waals surface area contributed by atoms with Gasteiger partial charge in [0, 0.05) is 23.0 Å². The van der Waals surface area contributed by atoms with E-state index in [1.54, 1.807) is 30.2 Å². The largest absolute Gasteiger partial charge is 0.481 e. The van der Waals surface area contributed by atoms with Crippen molar-refractivity contribution in [1.29, 1.82) is 0 Å². The van der Waals surface area contributed by atoms with Gasteiger partial charge in [0.1, 0.15) is 0 Å². The summed E-state index contributed by atoms with van der Waals surface area (Å²) in [4.78, 5) is 26.8. The molecule has 1 heterocycles. The van der Waals surface area contributed by atoms with Crippen LogP contribution in [0.15, 0.2) is 4.79 Å². The number of hydrogen-bond donors (Lipinski definition) is 1. The molecular formula is C13H20N2O3S. The molecule has 5 nitrogen and oxygen atoms in total. The van der Waals surface area contributed by atoms with Crippen LogP contribution in [-0.4, -0.2) is 32.6 Å². The van der Waals surface area contributed by atoms with Crippen LogP contribution in [0.5, 0.6) is 0 Å². The van der Waals surface area contributed by atoms with Crippen LogP contribution in [0, 0.1) is 13.8 Å². The molecule has 1 N–H and O–H groups in total. The standard InChI is InChI=1S/C13H20N2O3S/c1-8(5-6-19-4)15-10(3)11(7-12(16)17)9(2)14-13(15)18/h8H,5-7H2,1-4H3,(H,16,17). The number of thioether (sulfide) groups is 1. The van der Waals surface area contributed by atoms with Gasteiger partial charge in [-0.05, 0) is 39.2 Å². The van der Waals surface area contributed by atoms with Gasteiger partial charge in [0.2, 0.25) is 0 Å². The average molecular weight is 284 g/mol. The smallest absolute Gasteiger partial charge is 0.348 e. The highest BCUT2D eigenvalue weighted by molar-refractivity contribution is 7.98. The Labute approximate surface area is 117 Å². The number of carboxylic acids is 1. The van der Waals surface area contributed by atoms with Crippen molar-refractivity contribution in [3.05, 3.63) is 27.4 Å². The number of aromatic nitrogens is 2. The van der Waals surface area contributed by atoms with Gasteiger partial charge in [0.25, 0.3) is 0 Å². The van der Waals surface area contributed by atoms with Crippen molar-refractivity contribution >= 4 is 17.7 Å². The van der Waals surface area contributed by atoms with Gasteiger partial charge in [-0.25, -0.2) is 4.79 Å². The molecule has 0 fully saturated rings. The van der Waals surface area contributed by atoms with E-state index < -0.39 is 5.97 Å². The number of carboxylic acid groups (broad SMARTS) is 1. The predicted molar refractivity (Wildman–Crippen MR) is 77.0 cm³/mol. The molecule has 106 valence electrons. The van der Waals surface area contributed by atoms with Crippen LogP contribution in [0.4, 0.5) is 0 Å². The summed E-state index contributed by atoms with van der Waals surface area (Å²) in [6.45, 7) is 5.44. The van der Waals surface area contributed by atoms with Crippen LogP contribution in [0.1, 0.15) is 36.3 Å². The number of aryl methyl sites for hydroxylation is 1. The lowest BCUT2D eigenvalue weighted by Crippen LogP contribution is -2.31.